The Morgan fingerprint density at radius 3 is 1.59 bits per heavy atom. The van der Waals surface area contributed by atoms with Crippen LogP contribution in [0, 0.1) is 0 Å². The molecule has 0 saturated heterocycles. The van der Waals surface area contributed by atoms with Crippen LogP contribution >= 0.6 is 34.8 Å². The van der Waals surface area contributed by atoms with Crippen molar-refractivity contribution in [3.63, 3.8) is 0 Å². The lowest BCUT2D eigenvalue weighted by atomic mass is 10.4. The Kier molecular flexibility index (Phi) is 10.9. The molecule has 1 aromatic carbocycles. The molecule has 6 nitrogen and oxygen atoms in total. The van der Waals surface area contributed by atoms with Crippen LogP contribution in [0.5, 0.6) is 0 Å². The normalized spacial score (nSPS) is 8.06. The molecular weight excluding hydrogens is 294 g/mol. The molecular formula is C8H9Cl3N2O4. The maximum atomic E-state index is 9.10. The smallest absolute Gasteiger partial charge is 0.414 e. The summed E-state index contributed by atoms with van der Waals surface area (Å²) in [4.78, 5) is 18.2. The summed E-state index contributed by atoms with van der Waals surface area (Å²) in [5.41, 5.74) is 0. The van der Waals surface area contributed by atoms with Gasteiger partial charge in [0, 0.05) is 5.02 Å². The fraction of sp³-hybridized carbons (Fsp3) is 0. The van der Waals surface area contributed by atoms with Crippen molar-refractivity contribution < 1.29 is 19.8 Å². The van der Waals surface area contributed by atoms with Gasteiger partial charge in [-0.3, -0.25) is 11.7 Å². The van der Waals surface area contributed by atoms with Gasteiger partial charge in [0.05, 0.1) is 10.0 Å². The third kappa shape index (κ3) is 9.86. The first-order chi connectivity index (χ1) is 7.84. The van der Waals surface area contributed by atoms with Crippen LogP contribution in [0.4, 0.5) is 0 Å². The van der Waals surface area contributed by atoms with E-state index in [9.17, 15) is 0 Å². The molecule has 0 saturated carbocycles. The Balaban J connectivity index is 0. The van der Waals surface area contributed by atoms with Gasteiger partial charge < -0.3 is 10.2 Å². The fourth-order valence-electron chi connectivity index (χ4n) is 0.470. The molecule has 1 rings (SSSR count). The van der Waals surface area contributed by atoms with E-state index in [2.05, 4.69) is 11.7 Å². The molecule has 0 spiro atoms. The number of hydrogen-bond donors (Lipinski definition) is 4. The molecule has 6 N–H and O–H groups in total. The lowest BCUT2D eigenvalue weighted by molar-refractivity contribution is -0.159. The second kappa shape index (κ2) is 10.1. The Hall–Kier alpha value is -1.05. The number of benzene rings is 1. The maximum absolute atomic E-state index is 9.10. The predicted molar refractivity (Wildman–Crippen MR) is 65.1 cm³/mol. The van der Waals surface area contributed by atoms with Crippen molar-refractivity contribution in [2.24, 2.45) is 11.7 Å². The molecule has 96 valence electrons. The first kappa shape index (κ1) is 18.3. The lowest BCUT2D eigenvalue weighted by Gasteiger charge is -1.92. The maximum Gasteiger partial charge on any atom is 0.414 e. The van der Waals surface area contributed by atoms with E-state index in [4.69, 9.17) is 54.6 Å². The van der Waals surface area contributed by atoms with E-state index in [0.29, 0.717) is 15.1 Å². The highest BCUT2D eigenvalue weighted by Gasteiger charge is 2.04. The highest BCUT2D eigenvalue weighted by Crippen LogP contribution is 2.24. The minimum absolute atomic E-state index is 0.490. The minimum atomic E-state index is -1.82. The monoisotopic (exact) mass is 302 g/mol. The van der Waals surface area contributed by atoms with Gasteiger partial charge in [-0.2, -0.15) is 0 Å². The molecule has 0 amide bonds. The Labute approximate surface area is 112 Å². The molecule has 0 aliphatic carbocycles. The molecule has 0 radical (unpaired) electrons. The van der Waals surface area contributed by atoms with Gasteiger partial charge in [0.2, 0.25) is 0 Å². The molecule has 17 heavy (non-hydrogen) atoms. The zero-order chi connectivity index (χ0) is 14.0. The predicted octanol–water partition coefficient (Wildman–Crippen LogP) is 1.62. The number of rotatable bonds is 0. The molecule has 0 atom stereocenters. The summed E-state index contributed by atoms with van der Waals surface area (Å²) in [6.45, 7) is 0. The van der Waals surface area contributed by atoms with Gasteiger partial charge in [-0.15, -0.1) is 0 Å². The van der Waals surface area contributed by atoms with Crippen molar-refractivity contribution in [3.8, 4) is 0 Å². The average Bonchev–Trinajstić information content (AvgIpc) is 2.27. The van der Waals surface area contributed by atoms with Gasteiger partial charge in [-0.25, -0.2) is 9.59 Å². The van der Waals surface area contributed by atoms with Crippen molar-refractivity contribution in [1.29, 1.82) is 0 Å². The summed E-state index contributed by atoms with van der Waals surface area (Å²) < 4.78 is 0. The quantitative estimate of drug-likeness (QED) is 0.250. The van der Waals surface area contributed by atoms with Gasteiger partial charge in [0.15, 0.2) is 0 Å². The molecule has 0 aromatic heterocycles. The van der Waals surface area contributed by atoms with E-state index in [1.54, 1.807) is 18.2 Å². The summed E-state index contributed by atoms with van der Waals surface area (Å²) in [6.07, 6.45) is 0. The van der Waals surface area contributed by atoms with E-state index < -0.39 is 11.9 Å². The summed E-state index contributed by atoms with van der Waals surface area (Å²) in [5.74, 6) is 4.35. The SMILES string of the molecule is Clc1ccc(Cl)c(Cl)c1.NN.O=C(O)C(=O)O. The molecule has 0 fully saturated rings. The Morgan fingerprint density at radius 1 is 0.941 bits per heavy atom. The number of carbonyl (C=O) groups is 2. The van der Waals surface area contributed by atoms with Gasteiger partial charge in [-0.05, 0) is 18.2 Å². The minimum Gasteiger partial charge on any atom is -0.473 e. The fourth-order valence-corrected chi connectivity index (χ4v) is 0.997. The average molecular weight is 304 g/mol. The molecule has 1 aromatic rings. The van der Waals surface area contributed by atoms with Crippen LogP contribution in [0.15, 0.2) is 18.2 Å². The van der Waals surface area contributed by atoms with E-state index in [1.807, 2.05) is 0 Å². The van der Waals surface area contributed by atoms with Crippen molar-refractivity contribution in [3.05, 3.63) is 33.3 Å². The molecule has 0 aliphatic rings. The summed E-state index contributed by atoms with van der Waals surface area (Å²) in [6, 6.07) is 4.95. The second-order valence-electron chi connectivity index (χ2n) is 2.17. The first-order valence-corrected chi connectivity index (χ1v) is 4.88. The van der Waals surface area contributed by atoms with Gasteiger partial charge in [-0.1, -0.05) is 34.8 Å². The highest BCUT2D eigenvalue weighted by molar-refractivity contribution is 6.43. The summed E-state index contributed by atoms with van der Waals surface area (Å²) in [7, 11) is 0. The first-order valence-electron chi connectivity index (χ1n) is 3.74. The highest BCUT2D eigenvalue weighted by atomic mass is 35.5. The third-order valence-electron chi connectivity index (χ3n) is 1.06. The van der Waals surface area contributed by atoms with E-state index in [-0.39, 0.29) is 0 Å². The molecule has 0 heterocycles. The lowest BCUT2D eigenvalue weighted by Crippen LogP contribution is -2.09. The van der Waals surface area contributed by atoms with Crippen molar-refractivity contribution in [1.82, 2.24) is 0 Å². The largest absolute Gasteiger partial charge is 0.473 e. The van der Waals surface area contributed by atoms with E-state index >= 15 is 0 Å². The number of halogens is 3. The standard InChI is InChI=1S/C6H3Cl3.C2H2O4.H4N2/c7-4-1-2-5(8)6(9)3-4;3-1(4)2(5)6;1-2/h1-3H;(H,3,4)(H,5,6);1-2H2. The van der Waals surface area contributed by atoms with Crippen molar-refractivity contribution in [2.75, 3.05) is 0 Å². The number of hydrazine groups is 1. The second-order valence-corrected chi connectivity index (χ2v) is 3.42. The van der Waals surface area contributed by atoms with Crippen LogP contribution in [0.1, 0.15) is 0 Å². The van der Waals surface area contributed by atoms with Crippen LogP contribution < -0.4 is 11.7 Å². The molecule has 0 aliphatic heterocycles. The number of carboxylic acids is 2. The van der Waals surface area contributed by atoms with E-state index in [1.165, 1.54) is 0 Å². The molecule has 9 heteroatoms. The van der Waals surface area contributed by atoms with Crippen LogP contribution in [-0.4, -0.2) is 22.2 Å². The van der Waals surface area contributed by atoms with E-state index in [0.717, 1.165) is 0 Å². The number of nitrogens with two attached hydrogens (primary N) is 2. The van der Waals surface area contributed by atoms with Crippen LogP contribution in [0.25, 0.3) is 0 Å². The van der Waals surface area contributed by atoms with Crippen LogP contribution in [-0.2, 0) is 9.59 Å². The zero-order valence-electron chi connectivity index (χ0n) is 8.23. The zero-order valence-corrected chi connectivity index (χ0v) is 10.5. The van der Waals surface area contributed by atoms with Gasteiger partial charge in [0.25, 0.3) is 0 Å². The van der Waals surface area contributed by atoms with Crippen molar-refractivity contribution in [2.45, 2.75) is 0 Å². The number of hydrogen-bond acceptors (Lipinski definition) is 4. The van der Waals surface area contributed by atoms with Gasteiger partial charge in [0.1, 0.15) is 0 Å². The van der Waals surface area contributed by atoms with Crippen LogP contribution in [0.2, 0.25) is 15.1 Å². The molecule has 0 unspecified atom stereocenters. The Bertz CT molecular complexity index is 375. The van der Waals surface area contributed by atoms with Gasteiger partial charge >= 0.3 is 11.9 Å². The van der Waals surface area contributed by atoms with Crippen LogP contribution in [0.3, 0.4) is 0 Å². The van der Waals surface area contributed by atoms with Crippen molar-refractivity contribution >= 4 is 46.7 Å². The number of carboxylic acid groups (broad SMARTS) is 2. The Morgan fingerprint density at radius 2 is 1.35 bits per heavy atom. The third-order valence-corrected chi connectivity index (χ3v) is 2.04. The summed E-state index contributed by atoms with van der Waals surface area (Å²) in [5, 5.41) is 16.4. The topological polar surface area (TPSA) is 127 Å². The summed E-state index contributed by atoms with van der Waals surface area (Å²) >= 11 is 16.8. The molecule has 0 bridgehead atoms. The number of aliphatic carboxylic acids is 2.